The van der Waals surface area contributed by atoms with Crippen LogP contribution in [0.25, 0.3) is 0 Å². The summed E-state index contributed by atoms with van der Waals surface area (Å²) in [6, 6.07) is 0. The van der Waals surface area contributed by atoms with E-state index in [0.717, 1.165) is 12.3 Å². The first-order valence-corrected chi connectivity index (χ1v) is 7.62. The second kappa shape index (κ2) is 22.1. The lowest BCUT2D eigenvalue weighted by molar-refractivity contribution is 0.253. The Balaban J connectivity index is -0.000000194. The van der Waals surface area contributed by atoms with Crippen molar-refractivity contribution in [3.8, 4) is 0 Å². The molecule has 1 rings (SSSR count). The topological polar surface area (TPSA) is 35.5 Å². The van der Waals surface area contributed by atoms with Crippen LogP contribution in [0.4, 0.5) is 0 Å². The smallest absolute Gasteiger partial charge is 0.0428 e. The van der Waals surface area contributed by atoms with Gasteiger partial charge in [0, 0.05) is 32.8 Å². The zero-order chi connectivity index (χ0) is 14.8. The molecule has 0 amide bonds. The van der Waals surface area contributed by atoms with Gasteiger partial charge in [-0.25, -0.2) is 0 Å². The Morgan fingerprint density at radius 1 is 1.06 bits per heavy atom. The van der Waals surface area contributed by atoms with Crippen LogP contribution in [0.1, 0.15) is 54.9 Å². The highest BCUT2D eigenvalue weighted by Crippen LogP contribution is 1.88. The molecule has 0 spiro atoms. The van der Waals surface area contributed by atoms with Crippen LogP contribution in [-0.2, 0) is 0 Å². The molecule has 0 atom stereocenters. The molecular weight excluding hydrogens is 224 g/mol. The predicted molar refractivity (Wildman–Crippen MR) is 84.2 cm³/mol. The van der Waals surface area contributed by atoms with E-state index in [1.807, 2.05) is 20.8 Å². The van der Waals surface area contributed by atoms with Crippen molar-refractivity contribution in [2.75, 3.05) is 39.3 Å². The van der Waals surface area contributed by atoms with Crippen LogP contribution in [0.3, 0.4) is 0 Å². The molecular formula is C15H38N2O. The molecule has 1 fully saturated rings. The van der Waals surface area contributed by atoms with Gasteiger partial charge in [0.05, 0.1) is 0 Å². The number of aliphatic hydroxyl groups is 1. The first kappa shape index (κ1) is 23.0. The summed E-state index contributed by atoms with van der Waals surface area (Å²) in [6.07, 6.45) is 0.875. The summed E-state index contributed by atoms with van der Waals surface area (Å²) in [5, 5.41) is 11.2. The lowest BCUT2D eigenvalue weighted by atomic mass is 10.3. The zero-order valence-electron chi connectivity index (χ0n) is 13.9. The highest BCUT2D eigenvalue weighted by Gasteiger charge is 2.04. The molecule has 18 heavy (non-hydrogen) atoms. The van der Waals surface area contributed by atoms with E-state index in [1.54, 1.807) is 0 Å². The van der Waals surface area contributed by atoms with Gasteiger partial charge in [0.1, 0.15) is 0 Å². The third-order valence-electron chi connectivity index (χ3n) is 1.88. The summed E-state index contributed by atoms with van der Waals surface area (Å²) in [5.41, 5.74) is 0. The molecule has 114 valence electrons. The van der Waals surface area contributed by atoms with Gasteiger partial charge >= 0.3 is 0 Å². The maximum Gasteiger partial charge on any atom is 0.0428 e. The van der Waals surface area contributed by atoms with Gasteiger partial charge in [0.25, 0.3) is 0 Å². The molecule has 1 aliphatic rings. The van der Waals surface area contributed by atoms with Crippen LogP contribution in [0.2, 0.25) is 0 Å². The van der Waals surface area contributed by atoms with Crippen LogP contribution in [0, 0.1) is 5.92 Å². The molecule has 0 unspecified atom stereocenters. The molecule has 0 aromatic rings. The van der Waals surface area contributed by atoms with Crippen molar-refractivity contribution in [2.45, 2.75) is 54.9 Å². The summed E-state index contributed by atoms with van der Waals surface area (Å²) in [4.78, 5) is 2.45. The van der Waals surface area contributed by atoms with Gasteiger partial charge in [-0.15, -0.1) is 0 Å². The molecule has 0 radical (unpaired) electrons. The van der Waals surface area contributed by atoms with E-state index in [2.05, 4.69) is 37.9 Å². The van der Waals surface area contributed by atoms with Gasteiger partial charge in [-0.05, 0) is 18.9 Å². The van der Waals surface area contributed by atoms with E-state index in [-0.39, 0.29) is 0 Å². The minimum atomic E-state index is 0.319. The first-order valence-electron chi connectivity index (χ1n) is 7.62. The van der Waals surface area contributed by atoms with Gasteiger partial charge in [-0.1, -0.05) is 48.5 Å². The normalized spacial score (nSPS) is 14.5. The molecule has 0 saturated carbocycles. The van der Waals surface area contributed by atoms with E-state index >= 15 is 0 Å². The van der Waals surface area contributed by atoms with E-state index in [4.69, 9.17) is 5.11 Å². The largest absolute Gasteiger partial charge is 0.396 e. The molecule has 0 aromatic carbocycles. The van der Waals surface area contributed by atoms with Crippen molar-refractivity contribution in [1.29, 1.82) is 0 Å². The van der Waals surface area contributed by atoms with E-state index < -0.39 is 0 Å². The quantitative estimate of drug-likeness (QED) is 0.803. The fourth-order valence-electron chi connectivity index (χ4n) is 1.03. The molecule has 3 nitrogen and oxygen atoms in total. The molecule has 0 bridgehead atoms. The van der Waals surface area contributed by atoms with E-state index in [9.17, 15) is 0 Å². The average Bonchev–Trinajstić information content (AvgIpc) is 2.41. The SMILES string of the molecule is CC.CC(C)C.CCCO.CCN1CCNCC1. The van der Waals surface area contributed by atoms with Crippen molar-refractivity contribution < 1.29 is 5.11 Å². The summed E-state index contributed by atoms with van der Waals surface area (Å²) >= 11 is 0. The molecule has 1 aliphatic heterocycles. The second-order valence-corrected chi connectivity index (χ2v) is 4.64. The van der Waals surface area contributed by atoms with Crippen molar-refractivity contribution >= 4 is 0 Å². The summed E-state index contributed by atoms with van der Waals surface area (Å²) in [7, 11) is 0. The lowest BCUT2D eigenvalue weighted by Crippen LogP contribution is -2.43. The number of rotatable bonds is 2. The van der Waals surface area contributed by atoms with Crippen molar-refractivity contribution in [3.63, 3.8) is 0 Å². The highest BCUT2D eigenvalue weighted by molar-refractivity contribution is 4.64. The maximum atomic E-state index is 7.88. The Labute approximate surface area is 116 Å². The number of likely N-dealkylation sites (N-methyl/N-ethyl adjacent to an activating group) is 1. The van der Waals surface area contributed by atoms with Crippen molar-refractivity contribution in [3.05, 3.63) is 0 Å². The molecule has 3 heteroatoms. The third kappa shape index (κ3) is 29.7. The number of nitrogens with zero attached hydrogens (tertiary/aromatic N) is 1. The Bertz CT molecular complexity index is 108. The van der Waals surface area contributed by atoms with Gasteiger partial charge in [0.2, 0.25) is 0 Å². The highest BCUT2D eigenvalue weighted by atomic mass is 16.2. The average molecular weight is 262 g/mol. The van der Waals surface area contributed by atoms with Crippen LogP contribution in [0.15, 0.2) is 0 Å². The van der Waals surface area contributed by atoms with Gasteiger partial charge in [0.15, 0.2) is 0 Å². The standard InChI is InChI=1S/C6H14N2.C4H10.C3H8O.C2H6/c1-2-8-5-3-7-4-6-8;1-4(2)3;1-2-3-4;1-2/h7H,2-6H2,1H3;4H,1-3H3;4H,2-3H2,1H3;1-2H3. The van der Waals surface area contributed by atoms with Crippen molar-refractivity contribution in [2.24, 2.45) is 5.92 Å². The molecule has 0 aliphatic carbocycles. The Kier molecular flexibility index (Phi) is 28.2. The summed E-state index contributed by atoms with van der Waals surface area (Å²) in [5.74, 6) is 0.833. The van der Waals surface area contributed by atoms with Crippen LogP contribution in [0.5, 0.6) is 0 Å². The summed E-state index contributed by atoms with van der Waals surface area (Å²) in [6.45, 7) is 21.0. The molecule has 1 saturated heterocycles. The predicted octanol–water partition coefficient (Wildman–Crippen LogP) is 2.99. The van der Waals surface area contributed by atoms with Crippen LogP contribution >= 0.6 is 0 Å². The Morgan fingerprint density at radius 3 is 1.56 bits per heavy atom. The van der Waals surface area contributed by atoms with E-state index in [0.29, 0.717) is 6.61 Å². The number of hydrogen-bond acceptors (Lipinski definition) is 3. The fraction of sp³-hybridized carbons (Fsp3) is 1.00. The molecule has 1 heterocycles. The lowest BCUT2D eigenvalue weighted by Gasteiger charge is -2.25. The van der Waals surface area contributed by atoms with Crippen LogP contribution in [-0.4, -0.2) is 49.3 Å². The monoisotopic (exact) mass is 262 g/mol. The number of aliphatic hydroxyl groups excluding tert-OH is 1. The minimum Gasteiger partial charge on any atom is -0.396 e. The van der Waals surface area contributed by atoms with Gasteiger partial charge < -0.3 is 15.3 Å². The molecule has 2 N–H and O–H groups in total. The third-order valence-corrected chi connectivity index (χ3v) is 1.88. The minimum absolute atomic E-state index is 0.319. The van der Waals surface area contributed by atoms with E-state index in [1.165, 1.54) is 32.7 Å². The van der Waals surface area contributed by atoms with Gasteiger partial charge in [-0.3, -0.25) is 0 Å². The van der Waals surface area contributed by atoms with Crippen LogP contribution < -0.4 is 5.32 Å². The van der Waals surface area contributed by atoms with Gasteiger partial charge in [-0.2, -0.15) is 0 Å². The zero-order valence-corrected chi connectivity index (χ0v) is 13.9. The number of piperazine rings is 1. The number of nitrogens with one attached hydrogen (secondary N) is 1. The van der Waals surface area contributed by atoms with Crippen molar-refractivity contribution in [1.82, 2.24) is 10.2 Å². The molecule has 0 aromatic heterocycles. The maximum absolute atomic E-state index is 7.88. The second-order valence-electron chi connectivity index (χ2n) is 4.64. The first-order chi connectivity index (χ1) is 8.58. The number of hydrogen-bond donors (Lipinski definition) is 2. The fourth-order valence-corrected chi connectivity index (χ4v) is 1.03. The Morgan fingerprint density at radius 2 is 1.39 bits per heavy atom. The Hall–Kier alpha value is -0.120. The summed E-state index contributed by atoms with van der Waals surface area (Å²) < 4.78 is 0.